The first kappa shape index (κ1) is 16.4. The molecule has 24 heavy (non-hydrogen) atoms. The molecule has 0 atom stereocenters. The number of allylic oxidation sites excluding steroid dienone is 1. The van der Waals surface area contributed by atoms with Crippen LogP contribution in [0.2, 0.25) is 0 Å². The van der Waals surface area contributed by atoms with Crippen LogP contribution in [0.25, 0.3) is 6.08 Å². The Bertz CT molecular complexity index is 810. The minimum atomic E-state index is -0.0711. The number of nitrogens with zero attached hydrogens (tertiary/aromatic N) is 2. The lowest BCUT2D eigenvalue weighted by atomic mass is 10.1. The fourth-order valence-corrected chi connectivity index (χ4v) is 3.47. The van der Waals surface area contributed by atoms with Crippen molar-refractivity contribution >= 4 is 34.2 Å². The van der Waals surface area contributed by atoms with Gasteiger partial charge in [-0.3, -0.25) is 14.5 Å². The Labute approximate surface area is 144 Å². The predicted molar refractivity (Wildman–Crippen MR) is 94.8 cm³/mol. The number of thiazole rings is 1. The number of rotatable bonds is 5. The maximum Gasteiger partial charge on any atom is 0.225 e. The monoisotopic (exact) mass is 342 g/mol. The van der Waals surface area contributed by atoms with Crippen molar-refractivity contribution in [2.24, 2.45) is 0 Å². The molecule has 1 aliphatic heterocycles. The van der Waals surface area contributed by atoms with Gasteiger partial charge in [0.05, 0.1) is 12.3 Å². The molecule has 0 fully saturated rings. The van der Waals surface area contributed by atoms with Gasteiger partial charge in [-0.05, 0) is 42.8 Å². The molecule has 0 unspecified atom stereocenters. The Morgan fingerprint density at radius 3 is 3.00 bits per heavy atom. The van der Waals surface area contributed by atoms with E-state index in [2.05, 4.69) is 4.98 Å². The normalized spacial score (nSPS) is 12.9. The van der Waals surface area contributed by atoms with E-state index >= 15 is 0 Å². The minimum Gasteiger partial charge on any atom is -0.493 e. The van der Waals surface area contributed by atoms with Crippen LogP contribution >= 0.6 is 11.3 Å². The smallest absolute Gasteiger partial charge is 0.225 e. The van der Waals surface area contributed by atoms with Crippen molar-refractivity contribution in [1.82, 2.24) is 4.98 Å². The van der Waals surface area contributed by atoms with Crippen LogP contribution in [-0.4, -0.2) is 29.8 Å². The Hall–Kier alpha value is -2.47. The van der Waals surface area contributed by atoms with Crippen molar-refractivity contribution in [2.75, 3.05) is 18.1 Å². The third-order valence-electron chi connectivity index (χ3n) is 3.82. The number of carbonyl (C=O) groups is 2. The third-order valence-corrected chi connectivity index (χ3v) is 4.70. The standard InChI is InChI=1S/C18H18N2O3S/c1-3-20(12(2)21)18-19-15(11-24-18)5-6-16(22)13-4-7-17-14(10-13)8-9-23-17/h4-7,10-11H,3,8-9H2,1-2H3/b6-5+. The molecule has 1 amide bonds. The SMILES string of the molecule is CCN(C(C)=O)c1nc(/C=C/C(=O)c2ccc3c(c2)CCO3)cs1. The second kappa shape index (κ2) is 6.97. The molecule has 5 nitrogen and oxygen atoms in total. The summed E-state index contributed by atoms with van der Waals surface area (Å²) in [6.07, 6.45) is 4.04. The van der Waals surface area contributed by atoms with E-state index in [9.17, 15) is 9.59 Å². The Kier molecular flexibility index (Phi) is 4.76. The van der Waals surface area contributed by atoms with Gasteiger partial charge in [0.25, 0.3) is 0 Å². The third kappa shape index (κ3) is 3.38. The molecule has 1 aromatic heterocycles. The largest absolute Gasteiger partial charge is 0.493 e. The first-order valence-electron chi connectivity index (χ1n) is 7.80. The summed E-state index contributed by atoms with van der Waals surface area (Å²) >= 11 is 1.39. The maximum absolute atomic E-state index is 12.3. The number of ketones is 1. The summed E-state index contributed by atoms with van der Waals surface area (Å²) in [5.41, 5.74) is 2.39. The lowest BCUT2D eigenvalue weighted by Crippen LogP contribution is -2.27. The molecule has 1 aromatic carbocycles. The van der Waals surface area contributed by atoms with Crippen LogP contribution in [0, 0.1) is 0 Å². The molecule has 0 spiro atoms. The highest BCUT2D eigenvalue weighted by molar-refractivity contribution is 7.14. The molecule has 124 valence electrons. The van der Waals surface area contributed by atoms with Gasteiger partial charge >= 0.3 is 0 Å². The average Bonchev–Trinajstić information content (AvgIpc) is 3.21. The number of anilines is 1. The van der Waals surface area contributed by atoms with Gasteiger partial charge in [0.1, 0.15) is 5.75 Å². The van der Waals surface area contributed by atoms with Crippen LogP contribution in [0.15, 0.2) is 29.7 Å². The van der Waals surface area contributed by atoms with E-state index in [-0.39, 0.29) is 11.7 Å². The van der Waals surface area contributed by atoms with Gasteiger partial charge in [-0.15, -0.1) is 11.3 Å². The number of carbonyl (C=O) groups excluding carboxylic acids is 2. The van der Waals surface area contributed by atoms with Crippen LogP contribution in [0.1, 0.15) is 35.5 Å². The highest BCUT2D eigenvalue weighted by Gasteiger charge is 2.15. The van der Waals surface area contributed by atoms with E-state index in [4.69, 9.17) is 4.74 Å². The topological polar surface area (TPSA) is 59.5 Å². The van der Waals surface area contributed by atoms with Crippen molar-refractivity contribution in [1.29, 1.82) is 0 Å². The number of benzene rings is 1. The van der Waals surface area contributed by atoms with Crippen LogP contribution < -0.4 is 9.64 Å². The fraction of sp³-hybridized carbons (Fsp3) is 0.278. The highest BCUT2D eigenvalue weighted by Crippen LogP contribution is 2.26. The molecular formula is C18H18N2O3S. The Balaban J connectivity index is 1.73. The molecule has 0 N–H and O–H groups in total. The zero-order chi connectivity index (χ0) is 17.1. The molecular weight excluding hydrogens is 324 g/mol. The van der Waals surface area contributed by atoms with Gasteiger partial charge in [-0.1, -0.05) is 0 Å². The Morgan fingerprint density at radius 2 is 2.25 bits per heavy atom. The van der Waals surface area contributed by atoms with Crippen molar-refractivity contribution < 1.29 is 14.3 Å². The second-order valence-electron chi connectivity index (χ2n) is 5.44. The van der Waals surface area contributed by atoms with E-state index < -0.39 is 0 Å². The van der Waals surface area contributed by atoms with Gasteiger partial charge in [-0.25, -0.2) is 4.98 Å². The average molecular weight is 342 g/mol. The molecule has 0 radical (unpaired) electrons. The summed E-state index contributed by atoms with van der Waals surface area (Å²) in [7, 11) is 0. The molecule has 0 bridgehead atoms. The maximum atomic E-state index is 12.3. The van der Waals surface area contributed by atoms with Crippen molar-refractivity contribution in [3.05, 3.63) is 46.5 Å². The van der Waals surface area contributed by atoms with E-state index in [1.165, 1.54) is 24.3 Å². The minimum absolute atomic E-state index is 0.0428. The molecule has 0 saturated carbocycles. The molecule has 2 aromatic rings. The summed E-state index contributed by atoms with van der Waals surface area (Å²) in [6.45, 7) is 4.66. The van der Waals surface area contributed by atoms with Crippen molar-refractivity contribution in [2.45, 2.75) is 20.3 Å². The number of amides is 1. The predicted octanol–water partition coefficient (Wildman–Crippen LogP) is 3.35. The first-order valence-corrected chi connectivity index (χ1v) is 8.68. The molecule has 0 aliphatic carbocycles. The fourth-order valence-electron chi connectivity index (χ4n) is 2.57. The van der Waals surface area contributed by atoms with Gasteiger partial charge in [0.2, 0.25) is 5.91 Å². The quantitative estimate of drug-likeness (QED) is 0.618. The van der Waals surface area contributed by atoms with E-state index in [1.54, 1.807) is 17.0 Å². The first-order chi connectivity index (χ1) is 11.6. The number of hydrogen-bond donors (Lipinski definition) is 0. The molecule has 2 heterocycles. The van der Waals surface area contributed by atoms with Gasteiger partial charge in [-0.2, -0.15) is 0 Å². The summed E-state index contributed by atoms with van der Waals surface area (Å²) < 4.78 is 5.45. The van der Waals surface area contributed by atoms with Gasteiger partial charge < -0.3 is 4.74 Å². The summed E-state index contributed by atoms with van der Waals surface area (Å²) in [5, 5.41) is 2.48. The van der Waals surface area contributed by atoms with E-state index in [0.717, 1.165) is 17.7 Å². The highest BCUT2D eigenvalue weighted by atomic mass is 32.1. The van der Waals surface area contributed by atoms with E-state index in [0.29, 0.717) is 29.5 Å². The van der Waals surface area contributed by atoms with Gasteiger partial charge in [0, 0.05) is 30.8 Å². The lowest BCUT2D eigenvalue weighted by Gasteiger charge is -2.14. The van der Waals surface area contributed by atoms with Gasteiger partial charge in [0.15, 0.2) is 10.9 Å². The summed E-state index contributed by atoms with van der Waals surface area (Å²) in [5.74, 6) is 0.751. The number of aromatic nitrogens is 1. The molecule has 3 rings (SSSR count). The van der Waals surface area contributed by atoms with E-state index in [1.807, 2.05) is 24.4 Å². The molecule has 1 aliphatic rings. The summed E-state index contributed by atoms with van der Waals surface area (Å²) in [4.78, 5) is 29.8. The van der Waals surface area contributed by atoms with Crippen molar-refractivity contribution in [3.8, 4) is 5.75 Å². The van der Waals surface area contributed by atoms with Crippen LogP contribution in [0.3, 0.4) is 0 Å². The number of hydrogen-bond acceptors (Lipinski definition) is 5. The number of fused-ring (bicyclic) bond motifs is 1. The Morgan fingerprint density at radius 1 is 1.42 bits per heavy atom. The lowest BCUT2D eigenvalue weighted by molar-refractivity contribution is -0.116. The second-order valence-corrected chi connectivity index (χ2v) is 6.27. The number of ether oxygens (including phenoxy) is 1. The van der Waals surface area contributed by atoms with Crippen molar-refractivity contribution in [3.63, 3.8) is 0 Å². The zero-order valence-electron chi connectivity index (χ0n) is 13.6. The summed E-state index contributed by atoms with van der Waals surface area (Å²) in [6, 6.07) is 5.50. The van der Waals surface area contributed by atoms with Crippen LogP contribution in [-0.2, 0) is 11.2 Å². The zero-order valence-corrected chi connectivity index (χ0v) is 14.4. The van der Waals surface area contributed by atoms with Crippen LogP contribution in [0.5, 0.6) is 5.75 Å². The molecule has 6 heteroatoms. The molecule has 0 saturated heterocycles. The van der Waals surface area contributed by atoms with Crippen LogP contribution in [0.4, 0.5) is 5.13 Å².